The van der Waals surface area contributed by atoms with Crippen molar-refractivity contribution in [1.29, 1.82) is 0 Å². The maximum atomic E-state index is 13.5. The summed E-state index contributed by atoms with van der Waals surface area (Å²) in [5, 5.41) is 0. The second-order valence-corrected chi connectivity index (χ2v) is 11.0. The molecule has 12 nitrogen and oxygen atoms in total. The summed E-state index contributed by atoms with van der Waals surface area (Å²) in [4.78, 5) is 11.7. The summed E-state index contributed by atoms with van der Waals surface area (Å²) < 4.78 is 125. The van der Waals surface area contributed by atoms with Crippen molar-refractivity contribution < 1.29 is 78.9 Å². The first-order valence-electron chi connectivity index (χ1n) is 17.9. The molecular formula is C35H57F5O12. The van der Waals surface area contributed by atoms with Crippen LogP contribution in [0.3, 0.4) is 0 Å². The highest BCUT2D eigenvalue weighted by atomic mass is 19.2. The van der Waals surface area contributed by atoms with E-state index in [1.54, 1.807) is 0 Å². The molecule has 0 saturated heterocycles. The molecule has 0 aliphatic rings. The van der Waals surface area contributed by atoms with Crippen LogP contribution in [0.1, 0.15) is 51.9 Å². The average Bonchev–Trinajstić information content (AvgIpc) is 3.14. The van der Waals surface area contributed by atoms with E-state index in [4.69, 9.17) is 47.4 Å². The highest BCUT2D eigenvalue weighted by molar-refractivity contribution is 5.72. The van der Waals surface area contributed by atoms with E-state index in [0.29, 0.717) is 99.1 Å². The highest BCUT2D eigenvalue weighted by Crippen LogP contribution is 2.29. The summed E-state index contributed by atoms with van der Waals surface area (Å²) >= 11 is 0. The smallest absolute Gasteiger partial charge is 0.313 e. The normalized spacial score (nSPS) is 11.5. The predicted octanol–water partition coefficient (Wildman–Crippen LogP) is 5.20. The number of rotatable bonds is 38. The number of hydrogen-bond donors (Lipinski definition) is 0. The molecule has 0 saturated carbocycles. The van der Waals surface area contributed by atoms with Crippen LogP contribution in [0, 0.1) is 29.1 Å². The molecule has 0 atom stereocenters. The molecule has 0 aliphatic heterocycles. The minimum Gasteiger partial charge on any atom is -0.420 e. The molecule has 52 heavy (non-hydrogen) atoms. The number of carbonyl (C=O) groups is 1. The molecule has 0 spiro atoms. The van der Waals surface area contributed by atoms with Crippen LogP contribution in [0.5, 0.6) is 5.75 Å². The summed E-state index contributed by atoms with van der Waals surface area (Å²) in [6.45, 7) is 10.3. The van der Waals surface area contributed by atoms with Gasteiger partial charge in [-0.15, -0.1) is 0 Å². The van der Waals surface area contributed by atoms with E-state index in [0.717, 1.165) is 13.0 Å². The topological polar surface area (TPSA) is 119 Å². The minimum atomic E-state index is -2.35. The third-order valence-electron chi connectivity index (χ3n) is 6.83. The molecule has 0 unspecified atom stereocenters. The minimum absolute atomic E-state index is 0.0838. The van der Waals surface area contributed by atoms with Gasteiger partial charge in [-0.2, -0.15) is 8.78 Å². The Kier molecular flexibility index (Phi) is 32.0. The number of halogens is 5. The first kappa shape index (κ1) is 48.0. The van der Waals surface area contributed by atoms with Gasteiger partial charge in [0.05, 0.1) is 132 Å². The van der Waals surface area contributed by atoms with Gasteiger partial charge < -0.3 is 52.1 Å². The van der Waals surface area contributed by atoms with Gasteiger partial charge in [0, 0.05) is 6.61 Å². The Morgan fingerprint density at radius 3 is 0.981 bits per heavy atom. The van der Waals surface area contributed by atoms with Gasteiger partial charge in [0.15, 0.2) is 0 Å². The van der Waals surface area contributed by atoms with Gasteiger partial charge in [0.25, 0.3) is 0 Å². The van der Waals surface area contributed by atoms with Crippen LogP contribution in [-0.4, -0.2) is 138 Å². The fraction of sp³-hybridized carbons (Fsp3) is 0.800. The molecule has 17 heteroatoms. The lowest BCUT2D eigenvalue weighted by Crippen LogP contribution is -2.16. The van der Waals surface area contributed by atoms with Crippen LogP contribution in [0.15, 0.2) is 0 Å². The van der Waals surface area contributed by atoms with Crippen LogP contribution in [0.25, 0.3) is 0 Å². The second-order valence-electron chi connectivity index (χ2n) is 11.0. The van der Waals surface area contributed by atoms with Gasteiger partial charge >= 0.3 is 5.97 Å². The van der Waals surface area contributed by atoms with Crippen LogP contribution in [0.2, 0.25) is 0 Å². The first-order chi connectivity index (χ1) is 25.4. The fourth-order valence-electron chi connectivity index (χ4n) is 4.06. The molecule has 0 aliphatic carbocycles. The highest BCUT2D eigenvalue weighted by Gasteiger charge is 2.28. The van der Waals surface area contributed by atoms with Crippen LogP contribution < -0.4 is 4.74 Å². The Morgan fingerprint density at radius 1 is 0.365 bits per heavy atom. The molecule has 0 bridgehead atoms. The molecule has 0 aromatic heterocycles. The van der Waals surface area contributed by atoms with Crippen LogP contribution >= 0.6 is 0 Å². The Labute approximate surface area is 303 Å². The number of unbranched alkanes of at least 4 members (excludes halogenated alkanes) is 5. The summed E-state index contributed by atoms with van der Waals surface area (Å²) in [6.07, 6.45) is 7.07. The van der Waals surface area contributed by atoms with Crippen molar-refractivity contribution in [1.82, 2.24) is 0 Å². The van der Waals surface area contributed by atoms with Crippen molar-refractivity contribution in [2.75, 3.05) is 132 Å². The lowest BCUT2D eigenvalue weighted by atomic mass is 10.1. The number of carbonyl (C=O) groups excluding carboxylic acids is 1. The number of hydrogen-bond acceptors (Lipinski definition) is 12. The van der Waals surface area contributed by atoms with Crippen molar-refractivity contribution >= 4 is 5.97 Å². The quantitative estimate of drug-likeness (QED) is 0.0220. The SMILES string of the molecule is CCCCCCCCOCCOCCOCCOCCOCCOCCOCCOCCOCCOCCC(=O)Oc1c(F)c(F)c(F)c(F)c1F. The van der Waals surface area contributed by atoms with Gasteiger partial charge in [0.2, 0.25) is 34.8 Å². The van der Waals surface area contributed by atoms with E-state index in [-0.39, 0.29) is 26.4 Å². The standard InChI is InChI=1S/C35H57F5O12/c1-2-3-4-5-6-7-9-42-11-13-44-15-17-46-19-21-48-23-25-50-27-28-51-26-24-49-22-20-47-18-16-45-14-12-43-10-8-29(41)52-35-33(39)31(37)30(36)32(38)34(35)40/h2-28H2,1H3. The summed E-state index contributed by atoms with van der Waals surface area (Å²) in [5.41, 5.74) is 0. The molecule has 1 aromatic rings. The van der Waals surface area contributed by atoms with E-state index in [1.807, 2.05) is 0 Å². The van der Waals surface area contributed by atoms with Gasteiger partial charge in [-0.1, -0.05) is 39.0 Å². The number of ether oxygens (including phenoxy) is 11. The Balaban J connectivity index is 1.73. The average molecular weight is 765 g/mol. The van der Waals surface area contributed by atoms with E-state index >= 15 is 0 Å². The third kappa shape index (κ3) is 25.8. The molecule has 0 N–H and O–H groups in total. The molecule has 0 fully saturated rings. The van der Waals surface area contributed by atoms with Crippen molar-refractivity contribution in [2.45, 2.75) is 51.9 Å². The van der Waals surface area contributed by atoms with Crippen molar-refractivity contribution in [2.24, 2.45) is 0 Å². The maximum Gasteiger partial charge on any atom is 0.313 e. The molecule has 1 aromatic carbocycles. The number of esters is 1. The van der Waals surface area contributed by atoms with Crippen molar-refractivity contribution in [3.05, 3.63) is 29.1 Å². The lowest BCUT2D eigenvalue weighted by Gasteiger charge is -2.09. The van der Waals surface area contributed by atoms with Crippen LogP contribution in [0.4, 0.5) is 22.0 Å². The number of benzene rings is 1. The zero-order valence-electron chi connectivity index (χ0n) is 30.4. The predicted molar refractivity (Wildman–Crippen MR) is 178 cm³/mol. The zero-order chi connectivity index (χ0) is 37.9. The van der Waals surface area contributed by atoms with Crippen LogP contribution in [-0.2, 0) is 52.2 Å². The second kappa shape index (κ2) is 34.7. The Bertz CT molecular complexity index is 983. The third-order valence-corrected chi connectivity index (χ3v) is 6.83. The van der Waals surface area contributed by atoms with Gasteiger partial charge in [-0.05, 0) is 6.42 Å². The molecule has 0 radical (unpaired) electrons. The van der Waals surface area contributed by atoms with Gasteiger partial charge in [-0.25, -0.2) is 13.2 Å². The van der Waals surface area contributed by atoms with Gasteiger partial charge in [0.1, 0.15) is 0 Å². The summed E-state index contributed by atoms with van der Waals surface area (Å²) in [6, 6.07) is 0. The van der Waals surface area contributed by atoms with E-state index in [1.165, 1.54) is 32.1 Å². The Hall–Kier alpha value is -2.06. The van der Waals surface area contributed by atoms with E-state index in [9.17, 15) is 26.7 Å². The van der Waals surface area contributed by atoms with E-state index in [2.05, 4.69) is 11.7 Å². The summed E-state index contributed by atoms with van der Waals surface area (Å²) in [5.74, 6) is -14.1. The maximum absolute atomic E-state index is 13.5. The molecule has 0 amide bonds. The molecule has 1 rings (SSSR count). The largest absolute Gasteiger partial charge is 0.420 e. The fourth-order valence-corrected chi connectivity index (χ4v) is 4.06. The van der Waals surface area contributed by atoms with Crippen molar-refractivity contribution in [3.63, 3.8) is 0 Å². The van der Waals surface area contributed by atoms with E-state index < -0.39 is 47.2 Å². The van der Waals surface area contributed by atoms with Crippen molar-refractivity contribution in [3.8, 4) is 5.75 Å². The molecule has 0 heterocycles. The molecule has 304 valence electrons. The monoisotopic (exact) mass is 764 g/mol. The Morgan fingerprint density at radius 2 is 0.635 bits per heavy atom. The first-order valence-corrected chi connectivity index (χ1v) is 17.9. The zero-order valence-corrected chi connectivity index (χ0v) is 30.4. The lowest BCUT2D eigenvalue weighted by molar-refractivity contribution is -0.136. The van der Waals surface area contributed by atoms with Gasteiger partial charge in [-0.3, -0.25) is 4.79 Å². The molecular weight excluding hydrogens is 707 g/mol. The summed E-state index contributed by atoms with van der Waals surface area (Å²) in [7, 11) is 0.